The highest BCUT2D eigenvalue weighted by Gasteiger charge is 2.39. The van der Waals surface area contributed by atoms with E-state index in [1.54, 1.807) is 0 Å². The summed E-state index contributed by atoms with van der Waals surface area (Å²) < 4.78 is 2.05. The summed E-state index contributed by atoms with van der Waals surface area (Å²) >= 11 is 0. The first-order chi connectivity index (χ1) is 10.6. The van der Waals surface area contributed by atoms with Crippen LogP contribution < -0.4 is 0 Å². The first-order valence-corrected chi connectivity index (χ1v) is 8.75. The Labute approximate surface area is 133 Å². The largest absolute Gasteiger partial charge is 0.393 e. The predicted octanol–water partition coefficient (Wildman–Crippen LogP) is 3.22. The van der Waals surface area contributed by atoms with E-state index in [1.165, 1.54) is 6.42 Å². The average molecular weight is 304 g/mol. The second-order valence-corrected chi connectivity index (χ2v) is 7.12. The Morgan fingerprint density at radius 3 is 2.73 bits per heavy atom. The van der Waals surface area contributed by atoms with Crippen molar-refractivity contribution in [2.75, 3.05) is 6.54 Å². The molecule has 22 heavy (non-hydrogen) atoms. The molecule has 0 unspecified atom stereocenters. The van der Waals surface area contributed by atoms with Crippen molar-refractivity contribution < 1.29 is 9.90 Å². The SMILES string of the molecule is CC(C)n1cccc1C(=O)N1CCC[C@@H]1[C@H]1CCCC[C@H]1O. The van der Waals surface area contributed by atoms with Gasteiger partial charge in [0, 0.05) is 30.7 Å². The maximum Gasteiger partial charge on any atom is 0.270 e. The Morgan fingerprint density at radius 1 is 1.23 bits per heavy atom. The zero-order valence-electron chi connectivity index (χ0n) is 13.7. The first kappa shape index (κ1) is 15.6. The molecule has 1 amide bonds. The highest BCUT2D eigenvalue weighted by atomic mass is 16.3. The summed E-state index contributed by atoms with van der Waals surface area (Å²) in [4.78, 5) is 15.1. The number of aliphatic hydroxyl groups is 1. The number of aromatic nitrogens is 1. The highest BCUT2D eigenvalue weighted by Crippen LogP contribution is 2.35. The molecule has 1 saturated carbocycles. The fourth-order valence-corrected chi connectivity index (χ4v) is 4.25. The fraction of sp³-hybridized carbons (Fsp3) is 0.722. The van der Waals surface area contributed by atoms with E-state index in [4.69, 9.17) is 0 Å². The number of nitrogens with zero attached hydrogens (tertiary/aromatic N) is 2. The Balaban J connectivity index is 1.80. The van der Waals surface area contributed by atoms with E-state index in [9.17, 15) is 9.90 Å². The molecule has 4 nitrogen and oxygen atoms in total. The van der Waals surface area contributed by atoms with Crippen molar-refractivity contribution in [1.82, 2.24) is 9.47 Å². The van der Waals surface area contributed by atoms with Crippen LogP contribution >= 0.6 is 0 Å². The lowest BCUT2D eigenvalue weighted by molar-refractivity contribution is 0.0207. The highest BCUT2D eigenvalue weighted by molar-refractivity contribution is 5.93. The summed E-state index contributed by atoms with van der Waals surface area (Å²) in [6.45, 7) is 5.03. The molecule has 0 radical (unpaired) electrons. The van der Waals surface area contributed by atoms with Gasteiger partial charge in [0.15, 0.2) is 0 Å². The van der Waals surface area contributed by atoms with Crippen LogP contribution in [0.15, 0.2) is 18.3 Å². The molecule has 0 spiro atoms. The van der Waals surface area contributed by atoms with Crippen LogP contribution in [-0.2, 0) is 0 Å². The molecule has 3 rings (SSSR count). The van der Waals surface area contributed by atoms with Crippen LogP contribution in [0.4, 0.5) is 0 Å². The van der Waals surface area contributed by atoms with Crippen LogP contribution in [0.2, 0.25) is 0 Å². The monoisotopic (exact) mass is 304 g/mol. The number of hydrogen-bond donors (Lipinski definition) is 1. The van der Waals surface area contributed by atoms with Crippen molar-refractivity contribution in [1.29, 1.82) is 0 Å². The van der Waals surface area contributed by atoms with Crippen LogP contribution in [0, 0.1) is 5.92 Å². The second-order valence-electron chi connectivity index (χ2n) is 7.12. The van der Waals surface area contributed by atoms with E-state index < -0.39 is 0 Å². The van der Waals surface area contributed by atoms with Crippen molar-refractivity contribution >= 4 is 5.91 Å². The summed E-state index contributed by atoms with van der Waals surface area (Å²) in [5, 5.41) is 10.4. The third-order valence-corrected chi connectivity index (χ3v) is 5.39. The minimum Gasteiger partial charge on any atom is -0.393 e. The lowest BCUT2D eigenvalue weighted by Crippen LogP contribution is -2.45. The molecule has 1 N–H and O–H groups in total. The summed E-state index contributed by atoms with van der Waals surface area (Å²) in [6, 6.07) is 4.39. The summed E-state index contributed by atoms with van der Waals surface area (Å²) in [5.41, 5.74) is 0.784. The van der Waals surface area contributed by atoms with Gasteiger partial charge in [-0.25, -0.2) is 0 Å². The normalized spacial score (nSPS) is 29.3. The van der Waals surface area contributed by atoms with Crippen molar-refractivity contribution in [2.24, 2.45) is 5.92 Å². The van der Waals surface area contributed by atoms with Crippen molar-refractivity contribution in [3.05, 3.63) is 24.0 Å². The van der Waals surface area contributed by atoms with E-state index in [1.807, 2.05) is 23.2 Å². The van der Waals surface area contributed by atoms with E-state index in [2.05, 4.69) is 18.4 Å². The maximum absolute atomic E-state index is 13.0. The van der Waals surface area contributed by atoms with Gasteiger partial charge in [-0.1, -0.05) is 12.8 Å². The van der Waals surface area contributed by atoms with Gasteiger partial charge in [-0.3, -0.25) is 4.79 Å². The lowest BCUT2D eigenvalue weighted by Gasteiger charge is -2.37. The third-order valence-electron chi connectivity index (χ3n) is 5.39. The van der Waals surface area contributed by atoms with Crippen LogP contribution in [0.1, 0.15) is 68.9 Å². The quantitative estimate of drug-likeness (QED) is 0.932. The predicted molar refractivity (Wildman–Crippen MR) is 86.8 cm³/mol. The minimum atomic E-state index is -0.232. The number of amides is 1. The van der Waals surface area contributed by atoms with Gasteiger partial charge in [-0.15, -0.1) is 0 Å². The van der Waals surface area contributed by atoms with E-state index in [-0.39, 0.29) is 30.0 Å². The zero-order chi connectivity index (χ0) is 15.7. The Kier molecular flexibility index (Phi) is 4.57. The molecule has 2 heterocycles. The Hall–Kier alpha value is -1.29. The minimum absolute atomic E-state index is 0.138. The standard InChI is InChI=1S/C18H28N2O2/c1-13(2)19-11-6-9-16(19)18(22)20-12-5-8-15(20)14-7-3-4-10-17(14)21/h6,9,11,13-15,17,21H,3-5,7-8,10,12H2,1-2H3/t14-,15-,17-/m1/s1. The number of carbonyl (C=O) groups is 1. The molecule has 3 atom stereocenters. The lowest BCUT2D eigenvalue weighted by atomic mass is 9.80. The van der Waals surface area contributed by atoms with Crippen molar-refractivity contribution in [3.63, 3.8) is 0 Å². The van der Waals surface area contributed by atoms with Crippen LogP contribution in [-0.4, -0.2) is 39.2 Å². The molecule has 0 aromatic carbocycles. The van der Waals surface area contributed by atoms with Gasteiger partial charge in [0.25, 0.3) is 5.91 Å². The van der Waals surface area contributed by atoms with Crippen molar-refractivity contribution in [2.45, 2.75) is 70.6 Å². The number of rotatable bonds is 3. The fourth-order valence-electron chi connectivity index (χ4n) is 4.25. The van der Waals surface area contributed by atoms with E-state index >= 15 is 0 Å². The smallest absolute Gasteiger partial charge is 0.270 e. The first-order valence-electron chi connectivity index (χ1n) is 8.75. The molecular weight excluding hydrogens is 276 g/mol. The Bertz CT molecular complexity index is 523. The van der Waals surface area contributed by atoms with Gasteiger partial charge >= 0.3 is 0 Å². The number of likely N-dealkylation sites (tertiary alicyclic amines) is 1. The molecule has 1 aromatic rings. The number of aliphatic hydroxyl groups excluding tert-OH is 1. The maximum atomic E-state index is 13.0. The van der Waals surface area contributed by atoms with E-state index in [0.717, 1.165) is 44.3 Å². The van der Waals surface area contributed by atoms with Gasteiger partial charge in [0.1, 0.15) is 5.69 Å². The molecule has 0 bridgehead atoms. The average Bonchev–Trinajstić information content (AvgIpc) is 3.16. The molecule has 122 valence electrons. The molecular formula is C18H28N2O2. The Morgan fingerprint density at radius 2 is 2.00 bits per heavy atom. The second kappa shape index (κ2) is 6.45. The molecule has 1 aromatic heterocycles. The molecule has 1 aliphatic heterocycles. The van der Waals surface area contributed by atoms with Crippen molar-refractivity contribution in [3.8, 4) is 0 Å². The number of hydrogen-bond acceptors (Lipinski definition) is 2. The van der Waals surface area contributed by atoms with Gasteiger partial charge in [0.05, 0.1) is 6.10 Å². The van der Waals surface area contributed by atoms with E-state index in [0.29, 0.717) is 0 Å². The zero-order valence-corrected chi connectivity index (χ0v) is 13.7. The number of carbonyl (C=O) groups excluding carboxylic acids is 1. The van der Waals surface area contributed by atoms with Gasteiger partial charge in [-0.05, 0) is 51.7 Å². The summed E-state index contributed by atoms with van der Waals surface area (Å²) in [5.74, 6) is 0.404. The van der Waals surface area contributed by atoms with Gasteiger partial charge in [0.2, 0.25) is 0 Å². The molecule has 1 saturated heterocycles. The third kappa shape index (κ3) is 2.81. The summed E-state index contributed by atoms with van der Waals surface area (Å²) in [6.07, 6.45) is 8.10. The summed E-state index contributed by atoms with van der Waals surface area (Å²) in [7, 11) is 0. The topological polar surface area (TPSA) is 45.5 Å². The molecule has 2 aliphatic rings. The van der Waals surface area contributed by atoms with Crippen LogP contribution in [0.25, 0.3) is 0 Å². The molecule has 4 heteroatoms. The van der Waals surface area contributed by atoms with Gasteiger partial charge < -0.3 is 14.6 Å². The van der Waals surface area contributed by atoms with Gasteiger partial charge in [-0.2, -0.15) is 0 Å². The van der Waals surface area contributed by atoms with Crippen LogP contribution in [0.3, 0.4) is 0 Å². The molecule has 1 aliphatic carbocycles. The van der Waals surface area contributed by atoms with Crippen LogP contribution in [0.5, 0.6) is 0 Å². The molecule has 2 fully saturated rings.